The van der Waals surface area contributed by atoms with Gasteiger partial charge >= 0.3 is 0 Å². The Labute approximate surface area is 85.6 Å². The predicted molar refractivity (Wildman–Crippen MR) is 55.6 cm³/mol. The van der Waals surface area contributed by atoms with Gasteiger partial charge in [-0.05, 0) is 30.8 Å². The van der Waals surface area contributed by atoms with Crippen LogP contribution in [0.3, 0.4) is 0 Å². The van der Waals surface area contributed by atoms with Crippen LogP contribution in [0.1, 0.15) is 5.56 Å². The molecule has 1 N–H and O–H groups in total. The molecule has 0 aromatic carbocycles. The highest BCUT2D eigenvalue weighted by atomic mass is 32.1. The molecule has 3 nitrogen and oxygen atoms in total. The Balaban J connectivity index is 2.77. The van der Waals surface area contributed by atoms with Crippen molar-refractivity contribution in [1.29, 1.82) is 0 Å². The monoisotopic (exact) mass is 211 g/mol. The highest BCUT2D eigenvalue weighted by Crippen LogP contribution is 2.14. The molecule has 0 aliphatic rings. The molecule has 0 saturated heterocycles. The quantitative estimate of drug-likeness (QED) is 0.774. The topological polar surface area (TPSA) is 33.6 Å². The molecule has 0 radical (unpaired) electrons. The van der Waals surface area contributed by atoms with E-state index in [1.54, 1.807) is 10.8 Å². The minimum atomic E-state index is -0.434. The summed E-state index contributed by atoms with van der Waals surface area (Å²) in [7, 11) is 0. The van der Waals surface area contributed by atoms with E-state index in [0.29, 0.717) is 4.77 Å². The molecule has 0 amide bonds. The Morgan fingerprint density at radius 3 is 3.14 bits per heavy atom. The van der Waals surface area contributed by atoms with Gasteiger partial charge in [0.15, 0.2) is 10.4 Å². The summed E-state index contributed by atoms with van der Waals surface area (Å²) < 4.78 is 14.5. The molecule has 0 aliphatic carbocycles. The standard InChI is InChI=1S/C9H10FN3S/c1-6-2-4-11-8-7(6)12-9(14)13(8)5-3-10/h2,4H,3,5H2,1H3,(H,12,14). The first-order valence-corrected chi connectivity index (χ1v) is 4.75. The third kappa shape index (κ3) is 1.33. The van der Waals surface area contributed by atoms with Gasteiger partial charge in [0.25, 0.3) is 0 Å². The van der Waals surface area contributed by atoms with E-state index in [4.69, 9.17) is 12.2 Å². The second kappa shape index (κ2) is 3.49. The number of halogens is 1. The normalized spacial score (nSPS) is 11.0. The molecule has 0 aliphatic heterocycles. The van der Waals surface area contributed by atoms with Gasteiger partial charge < -0.3 is 4.98 Å². The van der Waals surface area contributed by atoms with E-state index < -0.39 is 6.67 Å². The number of alkyl halides is 1. The molecule has 0 fully saturated rings. The van der Waals surface area contributed by atoms with Gasteiger partial charge in [0.1, 0.15) is 6.67 Å². The zero-order valence-corrected chi connectivity index (χ0v) is 8.57. The van der Waals surface area contributed by atoms with E-state index >= 15 is 0 Å². The van der Waals surface area contributed by atoms with Crippen molar-refractivity contribution in [2.45, 2.75) is 13.5 Å². The van der Waals surface area contributed by atoms with Crippen molar-refractivity contribution in [2.75, 3.05) is 6.67 Å². The fraction of sp³-hybridized carbons (Fsp3) is 0.333. The lowest BCUT2D eigenvalue weighted by atomic mass is 10.3. The van der Waals surface area contributed by atoms with Crippen LogP contribution in [-0.2, 0) is 6.54 Å². The molecule has 2 aromatic heterocycles. The van der Waals surface area contributed by atoms with Crippen molar-refractivity contribution in [3.8, 4) is 0 Å². The van der Waals surface area contributed by atoms with Crippen LogP contribution in [-0.4, -0.2) is 21.2 Å². The summed E-state index contributed by atoms with van der Waals surface area (Å²) >= 11 is 5.08. The van der Waals surface area contributed by atoms with Gasteiger partial charge in [-0.3, -0.25) is 4.57 Å². The summed E-state index contributed by atoms with van der Waals surface area (Å²) in [5.41, 5.74) is 2.69. The van der Waals surface area contributed by atoms with Crippen LogP contribution in [0.2, 0.25) is 0 Å². The molecule has 74 valence electrons. The summed E-state index contributed by atoms with van der Waals surface area (Å²) in [5, 5.41) is 0. The third-order valence-corrected chi connectivity index (χ3v) is 2.50. The molecular weight excluding hydrogens is 201 g/mol. The Kier molecular flexibility index (Phi) is 2.33. The van der Waals surface area contributed by atoms with E-state index in [0.717, 1.165) is 16.7 Å². The SMILES string of the molecule is Cc1ccnc2c1[nH]c(=S)n2CCF. The van der Waals surface area contributed by atoms with E-state index in [2.05, 4.69) is 9.97 Å². The maximum absolute atomic E-state index is 12.3. The van der Waals surface area contributed by atoms with Crippen LogP contribution in [0.15, 0.2) is 12.3 Å². The van der Waals surface area contributed by atoms with E-state index in [9.17, 15) is 4.39 Å². The van der Waals surface area contributed by atoms with E-state index in [1.165, 1.54) is 0 Å². The number of fused-ring (bicyclic) bond motifs is 1. The number of pyridine rings is 1. The highest BCUT2D eigenvalue weighted by molar-refractivity contribution is 7.71. The van der Waals surface area contributed by atoms with Crippen LogP contribution < -0.4 is 0 Å². The Hall–Kier alpha value is -1.23. The maximum Gasteiger partial charge on any atom is 0.179 e. The van der Waals surface area contributed by atoms with Crippen molar-refractivity contribution in [3.63, 3.8) is 0 Å². The number of rotatable bonds is 2. The lowest BCUT2D eigenvalue weighted by molar-refractivity contribution is 0.447. The van der Waals surface area contributed by atoms with Crippen LogP contribution >= 0.6 is 12.2 Å². The van der Waals surface area contributed by atoms with E-state index in [-0.39, 0.29) is 6.54 Å². The molecule has 0 unspecified atom stereocenters. The first-order chi connectivity index (χ1) is 6.74. The number of nitrogens with one attached hydrogen (secondary N) is 1. The van der Waals surface area contributed by atoms with Gasteiger partial charge in [-0.25, -0.2) is 9.37 Å². The number of aryl methyl sites for hydroxylation is 2. The summed E-state index contributed by atoms with van der Waals surface area (Å²) in [4.78, 5) is 7.21. The van der Waals surface area contributed by atoms with Crippen LogP contribution in [0.5, 0.6) is 0 Å². The lowest BCUT2D eigenvalue weighted by Crippen LogP contribution is -2.00. The number of hydrogen-bond acceptors (Lipinski definition) is 2. The van der Waals surface area contributed by atoms with Gasteiger partial charge in [-0.1, -0.05) is 0 Å². The molecule has 2 aromatic rings. The highest BCUT2D eigenvalue weighted by Gasteiger charge is 2.06. The van der Waals surface area contributed by atoms with E-state index in [1.807, 2.05) is 13.0 Å². The summed E-state index contributed by atoms with van der Waals surface area (Å²) in [6.07, 6.45) is 1.70. The number of H-pyrrole nitrogens is 1. The minimum absolute atomic E-state index is 0.259. The fourth-order valence-corrected chi connectivity index (χ4v) is 1.75. The molecular formula is C9H10FN3S. The fourth-order valence-electron chi connectivity index (χ4n) is 1.47. The van der Waals surface area contributed by atoms with Crippen molar-refractivity contribution in [2.24, 2.45) is 0 Å². The lowest BCUT2D eigenvalue weighted by Gasteiger charge is -1.99. The summed E-state index contributed by atoms with van der Waals surface area (Å²) in [6, 6.07) is 1.90. The largest absolute Gasteiger partial charge is 0.329 e. The summed E-state index contributed by atoms with van der Waals surface area (Å²) in [5.74, 6) is 0. The first-order valence-electron chi connectivity index (χ1n) is 4.34. The first kappa shape index (κ1) is 9.33. The number of aromatic amines is 1. The Morgan fingerprint density at radius 1 is 1.64 bits per heavy atom. The van der Waals surface area contributed by atoms with Crippen LogP contribution in [0.25, 0.3) is 11.2 Å². The number of imidazole rings is 1. The summed E-state index contributed by atoms with van der Waals surface area (Å²) in [6.45, 7) is 1.79. The van der Waals surface area contributed by atoms with Crippen molar-refractivity contribution in [3.05, 3.63) is 22.6 Å². The molecule has 0 saturated carbocycles. The minimum Gasteiger partial charge on any atom is -0.329 e. The van der Waals surface area contributed by atoms with Crippen molar-refractivity contribution >= 4 is 23.4 Å². The second-order valence-corrected chi connectivity index (χ2v) is 3.48. The molecule has 0 bridgehead atoms. The second-order valence-electron chi connectivity index (χ2n) is 3.10. The number of nitrogens with zero attached hydrogens (tertiary/aromatic N) is 2. The third-order valence-electron chi connectivity index (χ3n) is 2.18. The Bertz CT molecular complexity index is 514. The predicted octanol–water partition coefficient (Wildman–Crippen LogP) is 2.37. The van der Waals surface area contributed by atoms with Gasteiger partial charge in [-0.15, -0.1) is 0 Å². The Morgan fingerprint density at radius 2 is 2.43 bits per heavy atom. The van der Waals surface area contributed by atoms with Crippen molar-refractivity contribution in [1.82, 2.24) is 14.5 Å². The molecule has 14 heavy (non-hydrogen) atoms. The molecule has 2 rings (SSSR count). The zero-order chi connectivity index (χ0) is 10.1. The zero-order valence-electron chi connectivity index (χ0n) is 7.75. The molecule has 0 spiro atoms. The maximum atomic E-state index is 12.3. The van der Waals surface area contributed by atoms with Gasteiger partial charge in [0.2, 0.25) is 0 Å². The van der Waals surface area contributed by atoms with Gasteiger partial charge in [0, 0.05) is 6.20 Å². The van der Waals surface area contributed by atoms with Crippen LogP contribution in [0, 0.1) is 11.7 Å². The number of aromatic nitrogens is 3. The van der Waals surface area contributed by atoms with Crippen molar-refractivity contribution < 1.29 is 4.39 Å². The average molecular weight is 211 g/mol. The smallest absolute Gasteiger partial charge is 0.179 e. The van der Waals surface area contributed by atoms with Gasteiger partial charge in [-0.2, -0.15) is 0 Å². The molecule has 0 atom stereocenters. The van der Waals surface area contributed by atoms with Crippen LogP contribution in [0.4, 0.5) is 4.39 Å². The molecule has 5 heteroatoms. The number of hydrogen-bond donors (Lipinski definition) is 1. The molecule has 2 heterocycles. The van der Waals surface area contributed by atoms with Gasteiger partial charge in [0.05, 0.1) is 12.1 Å². The average Bonchev–Trinajstić information content (AvgIpc) is 2.47.